The smallest absolute Gasteiger partial charge is 0.261 e. The second-order valence-corrected chi connectivity index (χ2v) is 5.87. The zero-order valence-electron chi connectivity index (χ0n) is 13.7. The van der Waals surface area contributed by atoms with Gasteiger partial charge in [0, 0.05) is 23.6 Å². The number of nitrogens with zero attached hydrogens (tertiary/aromatic N) is 8. The molecule has 28 heavy (non-hydrogen) atoms. The second kappa shape index (κ2) is 6.93. The molecule has 0 aliphatic rings. The van der Waals surface area contributed by atoms with Crippen molar-refractivity contribution in [3.63, 3.8) is 0 Å². The maximum Gasteiger partial charge on any atom is 0.434 e. The Kier molecular flexibility index (Phi) is 4.43. The van der Waals surface area contributed by atoms with E-state index < -0.39 is 11.9 Å². The molecule has 12 heteroatoms. The summed E-state index contributed by atoms with van der Waals surface area (Å²) >= 11 is 5.85. The monoisotopic (exact) mass is 404 g/mol. The van der Waals surface area contributed by atoms with Gasteiger partial charge in [0.25, 0.3) is 0 Å². The summed E-state index contributed by atoms with van der Waals surface area (Å²) in [6, 6.07) is 6.29. The third-order valence-electron chi connectivity index (χ3n) is 3.63. The minimum absolute atomic E-state index is 0.108. The molecule has 0 unspecified atom stereocenters. The lowest BCUT2D eigenvalue weighted by molar-refractivity contribution is -0.140. The van der Waals surface area contributed by atoms with Gasteiger partial charge in [-0.15, -0.1) is 5.10 Å². The molecule has 0 N–H and O–H groups in total. The molecule has 1 aromatic carbocycles. The number of halogens is 4. The quantitative estimate of drug-likeness (QED) is 0.517. The van der Waals surface area contributed by atoms with Crippen molar-refractivity contribution in [2.75, 3.05) is 0 Å². The van der Waals surface area contributed by atoms with Crippen molar-refractivity contribution in [1.29, 1.82) is 0 Å². The van der Waals surface area contributed by atoms with Crippen molar-refractivity contribution >= 4 is 11.6 Å². The summed E-state index contributed by atoms with van der Waals surface area (Å²) in [4.78, 5) is 15.4. The van der Waals surface area contributed by atoms with Gasteiger partial charge < -0.3 is 0 Å². The highest BCUT2D eigenvalue weighted by Crippen LogP contribution is 2.35. The standard InChI is InChI=1S/C16H8ClF3N8/c17-9-1-3-10(4-2-9)28-15(25-26-27-28)11-7-23-14(12-8-21-5-6-22-12)24-13(11)16(18,19)20/h1-8H. The van der Waals surface area contributed by atoms with Crippen molar-refractivity contribution in [1.82, 2.24) is 40.1 Å². The molecule has 3 aromatic heterocycles. The number of tetrazole rings is 1. The Labute approximate surface area is 160 Å². The fourth-order valence-electron chi connectivity index (χ4n) is 2.41. The highest BCUT2D eigenvalue weighted by molar-refractivity contribution is 6.30. The lowest BCUT2D eigenvalue weighted by Gasteiger charge is -2.12. The van der Waals surface area contributed by atoms with E-state index in [9.17, 15) is 13.2 Å². The predicted molar refractivity (Wildman–Crippen MR) is 91.2 cm³/mol. The van der Waals surface area contributed by atoms with E-state index in [1.807, 2.05) is 0 Å². The molecule has 0 atom stereocenters. The molecular weight excluding hydrogens is 397 g/mol. The highest BCUT2D eigenvalue weighted by Gasteiger charge is 2.38. The molecule has 0 bridgehead atoms. The van der Waals surface area contributed by atoms with Crippen LogP contribution in [-0.4, -0.2) is 40.1 Å². The molecule has 8 nitrogen and oxygen atoms in total. The third kappa shape index (κ3) is 3.39. The van der Waals surface area contributed by atoms with Gasteiger partial charge in [0.15, 0.2) is 17.3 Å². The van der Waals surface area contributed by atoms with Crippen LogP contribution in [0.25, 0.3) is 28.6 Å². The van der Waals surface area contributed by atoms with Gasteiger partial charge in [-0.25, -0.2) is 15.0 Å². The molecule has 0 aliphatic heterocycles. The van der Waals surface area contributed by atoms with Crippen LogP contribution in [0.5, 0.6) is 0 Å². The summed E-state index contributed by atoms with van der Waals surface area (Å²) in [5.74, 6) is -0.380. The van der Waals surface area contributed by atoms with Crippen molar-refractivity contribution in [3.8, 4) is 28.6 Å². The van der Waals surface area contributed by atoms with Crippen LogP contribution < -0.4 is 0 Å². The normalized spacial score (nSPS) is 11.6. The van der Waals surface area contributed by atoms with E-state index in [-0.39, 0.29) is 22.9 Å². The first-order valence-corrected chi connectivity index (χ1v) is 8.06. The van der Waals surface area contributed by atoms with Gasteiger partial charge in [0.1, 0.15) is 5.69 Å². The zero-order valence-corrected chi connectivity index (χ0v) is 14.5. The maximum absolute atomic E-state index is 13.7. The van der Waals surface area contributed by atoms with Crippen LogP contribution in [0.15, 0.2) is 49.1 Å². The number of alkyl halides is 3. The average Bonchev–Trinajstić information content (AvgIpc) is 3.18. The van der Waals surface area contributed by atoms with Gasteiger partial charge in [-0.05, 0) is 34.7 Å². The van der Waals surface area contributed by atoms with Gasteiger partial charge in [0.2, 0.25) is 0 Å². The van der Waals surface area contributed by atoms with Crippen molar-refractivity contribution in [2.45, 2.75) is 6.18 Å². The molecule has 0 spiro atoms. The second-order valence-electron chi connectivity index (χ2n) is 5.44. The van der Waals surface area contributed by atoms with E-state index in [2.05, 4.69) is 35.5 Å². The van der Waals surface area contributed by atoms with Gasteiger partial charge in [0.05, 0.1) is 17.4 Å². The van der Waals surface area contributed by atoms with E-state index in [1.165, 1.54) is 18.6 Å². The van der Waals surface area contributed by atoms with Gasteiger partial charge in [-0.3, -0.25) is 4.98 Å². The number of rotatable bonds is 3. The molecule has 0 aliphatic carbocycles. The molecule has 0 saturated carbocycles. The van der Waals surface area contributed by atoms with Crippen molar-refractivity contribution in [2.24, 2.45) is 0 Å². The maximum atomic E-state index is 13.7. The molecule has 4 rings (SSSR count). The first-order chi connectivity index (χ1) is 13.4. The minimum Gasteiger partial charge on any atom is -0.261 e. The SMILES string of the molecule is FC(F)(F)c1nc(-c2cnccn2)ncc1-c1nnnn1-c1ccc(Cl)cc1. The van der Waals surface area contributed by atoms with Crippen LogP contribution in [-0.2, 0) is 6.18 Å². The lowest BCUT2D eigenvalue weighted by Crippen LogP contribution is -2.14. The molecule has 0 saturated heterocycles. The molecule has 140 valence electrons. The summed E-state index contributed by atoms with van der Waals surface area (Å²) < 4.78 is 42.2. The Hall–Kier alpha value is -3.47. The Morgan fingerprint density at radius 1 is 0.964 bits per heavy atom. The summed E-state index contributed by atoms with van der Waals surface area (Å²) in [5, 5.41) is 11.4. The third-order valence-corrected chi connectivity index (χ3v) is 3.88. The fourth-order valence-corrected chi connectivity index (χ4v) is 2.54. The van der Waals surface area contributed by atoms with Gasteiger partial charge >= 0.3 is 6.18 Å². The Morgan fingerprint density at radius 2 is 1.75 bits per heavy atom. The lowest BCUT2D eigenvalue weighted by atomic mass is 10.2. The summed E-state index contributed by atoms with van der Waals surface area (Å²) in [6.45, 7) is 0. The highest BCUT2D eigenvalue weighted by atomic mass is 35.5. The van der Waals surface area contributed by atoms with Crippen molar-refractivity contribution in [3.05, 3.63) is 59.8 Å². The van der Waals surface area contributed by atoms with E-state index >= 15 is 0 Å². The molecular formula is C16H8ClF3N8. The summed E-state index contributed by atoms with van der Waals surface area (Å²) in [5.41, 5.74) is -1.03. The van der Waals surface area contributed by atoms with Crippen molar-refractivity contribution < 1.29 is 13.2 Å². The van der Waals surface area contributed by atoms with Crippen LogP contribution >= 0.6 is 11.6 Å². The van der Waals surface area contributed by atoms with Gasteiger partial charge in [-0.1, -0.05) is 11.6 Å². The zero-order chi connectivity index (χ0) is 19.7. The Morgan fingerprint density at radius 3 is 2.43 bits per heavy atom. The first-order valence-electron chi connectivity index (χ1n) is 7.69. The Balaban J connectivity index is 1.87. The first kappa shape index (κ1) is 17.9. The van der Waals surface area contributed by atoms with Crippen LogP contribution in [0.1, 0.15) is 5.69 Å². The number of hydrogen-bond acceptors (Lipinski definition) is 7. The number of hydrogen-bond donors (Lipinski definition) is 0. The predicted octanol–water partition coefficient (Wildman–Crippen LogP) is 3.25. The van der Waals surface area contributed by atoms with Gasteiger partial charge in [-0.2, -0.15) is 17.9 Å². The fraction of sp³-hybridized carbons (Fsp3) is 0.0625. The summed E-state index contributed by atoms with van der Waals surface area (Å²) in [7, 11) is 0. The topological polar surface area (TPSA) is 95.2 Å². The molecule has 3 heterocycles. The minimum atomic E-state index is -4.77. The van der Waals surface area contributed by atoms with Crippen LogP contribution in [0.3, 0.4) is 0 Å². The molecule has 0 amide bonds. The molecule has 4 aromatic rings. The van der Waals surface area contributed by atoms with Crippen LogP contribution in [0.4, 0.5) is 13.2 Å². The van der Waals surface area contributed by atoms with E-state index in [1.54, 1.807) is 24.3 Å². The molecule has 0 radical (unpaired) electrons. The van der Waals surface area contributed by atoms with E-state index in [4.69, 9.17) is 11.6 Å². The van der Waals surface area contributed by atoms with Crippen LogP contribution in [0, 0.1) is 0 Å². The largest absolute Gasteiger partial charge is 0.434 e. The molecule has 0 fully saturated rings. The van der Waals surface area contributed by atoms with Crippen LogP contribution in [0.2, 0.25) is 5.02 Å². The number of aromatic nitrogens is 8. The van der Waals surface area contributed by atoms with E-state index in [0.717, 1.165) is 10.9 Å². The Bertz CT molecular complexity index is 1110. The number of benzene rings is 1. The summed E-state index contributed by atoms with van der Waals surface area (Å²) in [6.07, 6.45) is 0.237. The average molecular weight is 405 g/mol. The van der Waals surface area contributed by atoms with E-state index in [0.29, 0.717) is 10.7 Å².